The lowest BCUT2D eigenvalue weighted by Crippen LogP contribution is -2.56. The molecule has 0 saturated carbocycles. The number of aromatic nitrogens is 1. The molecule has 2 saturated heterocycles. The van der Waals surface area contributed by atoms with Gasteiger partial charge in [0.1, 0.15) is 10.6 Å². The second kappa shape index (κ2) is 8.77. The van der Waals surface area contributed by atoms with Crippen LogP contribution in [0.1, 0.15) is 44.2 Å². The fourth-order valence-corrected chi connectivity index (χ4v) is 5.66. The van der Waals surface area contributed by atoms with Gasteiger partial charge in [0.05, 0.1) is 6.61 Å². The number of ether oxygens (including phenoxy) is 1. The lowest BCUT2D eigenvalue weighted by molar-refractivity contribution is -0.164. The van der Waals surface area contributed by atoms with E-state index in [0.717, 1.165) is 50.6 Å². The number of morpholine rings is 1. The van der Waals surface area contributed by atoms with Crippen molar-refractivity contribution in [2.24, 2.45) is 11.3 Å². The molecule has 2 aliphatic heterocycles. The summed E-state index contributed by atoms with van der Waals surface area (Å²) in [6.45, 7) is 11.0. The summed E-state index contributed by atoms with van der Waals surface area (Å²) in [5, 5.41) is 3.13. The van der Waals surface area contributed by atoms with Crippen LogP contribution in [-0.2, 0) is 21.7 Å². The molecular weight excluding hydrogens is 394 g/mol. The summed E-state index contributed by atoms with van der Waals surface area (Å²) >= 11 is 1.70. The minimum atomic E-state index is -0.377. The second-order valence-electron chi connectivity index (χ2n) is 9.59. The van der Waals surface area contributed by atoms with Crippen LogP contribution in [0, 0.1) is 11.3 Å². The molecule has 162 valence electrons. The molecule has 1 atom stereocenters. The summed E-state index contributed by atoms with van der Waals surface area (Å²) in [5.74, 6) is 0.616. The van der Waals surface area contributed by atoms with Gasteiger partial charge in [0.2, 0.25) is 5.91 Å². The van der Waals surface area contributed by atoms with E-state index in [0.29, 0.717) is 12.5 Å². The lowest BCUT2D eigenvalue weighted by Gasteiger charge is -2.49. The Morgan fingerprint density at radius 3 is 2.57 bits per heavy atom. The van der Waals surface area contributed by atoms with Crippen molar-refractivity contribution in [3.8, 4) is 0 Å². The standard InChI is InChI=1S/C24H33N3O2S/c1-23(2,3)22(28)27-12-9-20(10-13-27)24(21-25-11-16-30-21)18-26(14-15-29-24)17-19-7-5-4-6-8-19/h4-8,11,16,20H,9-10,12-15,17-18H2,1-3H3. The molecule has 0 bridgehead atoms. The summed E-state index contributed by atoms with van der Waals surface area (Å²) in [4.78, 5) is 22.0. The van der Waals surface area contributed by atoms with Crippen LogP contribution in [0.25, 0.3) is 0 Å². The normalized spacial score (nSPS) is 24.2. The highest BCUT2D eigenvalue weighted by molar-refractivity contribution is 7.09. The van der Waals surface area contributed by atoms with E-state index in [-0.39, 0.29) is 16.9 Å². The van der Waals surface area contributed by atoms with E-state index in [9.17, 15) is 4.79 Å². The average molecular weight is 428 g/mol. The third-order valence-corrected chi connectivity index (χ3v) is 7.28. The van der Waals surface area contributed by atoms with Crippen molar-refractivity contribution in [1.29, 1.82) is 0 Å². The Morgan fingerprint density at radius 1 is 1.20 bits per heavy atom. The van der Waals surface area contributed by atoms with Crippen LogP contribution in [-0.4, -0.2) is 53.5 Å². The Morgan fingerprint density at radius 2 is 1.93 bits per heavy atom. The van der Waals surface area contributed by atoms with Gasteiger partial charge in [-0.15, -0.1) is 11.3 Å². The van der Waals surface area contributed by atoms with Crippen molar-refractivity contribution in [3.05, 3.63) is 52.5 Å². The van der Waals surface area contributed by atoms with Gasteiger partial charge in [0.15, 0.2) is 0 Å². The zero-order valence-electron chi connectivity index (χ0n) is 18.3. The number of carbonyl (C=O) groups excluding carboxylic acids is 1. The topological polar surface area (TPSA) is 45.7 Å². The van der Waals surface area contributed by atoms with E-state index in [1.54, 1.807) is 11.3 Å². The van der Waals surface area contributed by atoms with Crippen LogP contribution in [0.5, 0.6) is 0 Å². The maximum absolute atomic E-state index is 12.7. The lowest BCUT2D eigenvalue weighted by atomic mass is 9.78. The molecule has 2 aromatic rings. The molecule has 3 heterocycles. The minimum absolute atomic E-state index is 0.250. The third kappa shape index (κ3) is 4.46. The van der Waals surface area contributed by atoms with Gasteiger partial charge in [-0.1, -0.05) is 51.1 Å². The number of piperidine rings is 1. The first-order chi connectivity index (χ1) is 14.4. The average Bonchev–Trinajstić information content (AvgIpc) is 3.29. The van der Waals surface area contributed by atoms with Crippen molar-refractivity contribution < 1.29 is 9.53 Å². The maximum Gasteiger partial charge on any atom is 0.227 e. The zero-order chi connectivity index (χ0) is 21.2. The number of carbonyl (C=O) groups is 1. The fraction of sp³-hybridized carbons (Fsp3) is 0.583. The fourth-order valence-electron chi connectivity index (χ4n) is 4.80. The number of rotatable bonds is 4. The first kappa shape index (κ1) is 21.5. The highest BCUT2D eigenvalue weighted by atomic mass is 32.1. The Labute approximate surface area is 184 Å². The van der Waals surface area contributed by atoms with Crippen molar-refractivity contribution in [2.45, 2.75) is 45.8 Å². The molecule has 6 heteroatoms. The number of amides is 1. The van der Waals surface area contributed by atoms with E-state index in [2.05, 4.69) is 40.6 Å². The van der Waals surface area contributed by atoms with Crippen LogP contribution >= 0.6 is 11.3 Å². The molecule has 1 unspecified atom stereocenters. The first-order valence-corrected chi connectivity index (χ1v) is 11.9. The van der Waals surface area contributed by atoms with Gasteiger partial charge in [0.25, 0.3) is 0 Å². The number of nitrogens with zero attached hydrogens (tertiary/aromatic N) is 3. The van der Waals surface area contributed by atoms with Crippen LogP contribution in [0.3, 0.4) is 0 Å². The van der Waals surface area contributed by atoms with Crippen LogP contribution in [0.2, 0.25) is 0 Å². The molecular formula is C24H33N3O2S. The third-order valence-electron chi connectivity index (χ3n) is 6.35. The van der Waals surface area contributed by atoms with Crippen LogP contribution in [0.4, 0.5) is 0 Å². The van der Waals surface area contributed by atoms with Gasteiger partial charge in [-0.3, -0.25) is 9.69 Å². The zero-order valence-corrected chi connectivity index (χ0v) is 19.2. The van der Waals surface area contributed by atoms with Crippen molar-refractivity contribution in [3.63, 3.8) is 0 Å². The van der Waals surface area contributed by atoms with Crippen LogP contribution < -0.4 is 0 Å². The Hall–Kier alpha value is -1.76. The molecule has 30 heavy (non-hydrogen) atoms. The molecule has 0 aliphatic carbocycles. The van der Waals surface area contributed by atoms with Gasteiger partial charge < -0.3 is 9.64 Å². The van der Waals surface area contributed by atoms with Gasteiger partial charge >= 0.3 is 0 Å². The Kier molecular flexibility index (Phi) is 6.28. The molecule has 2 aliphatic rings. The number of hydrogen-bond acceptors (Lipinski definition) is 5. The predicted octanol–water partition coefficient (Wildman–Crippen LogP) is 4.16. The molecule has 0 spiro atoms. The molecule has 5 nitrogen and oxygen atoms in total. The molecule has 2 fully saturated rings. The Balaban J connectivity index is 1.52. The SMILES string of the molecule is CC(C)(C)C(=O)N1CCC(C2(c3nccs3)CN(Cc3ccccc3)CCO2)CC1. The molecule has 0 N–H and O–H groups in total. The van der Waals surface area contributed by atoms with Gasteiger partial charge in [-0.05, 0) is 24.3 Å². The summed E-state index contributed by atoms with van der Waals surface area (Å²) in [6.07, 6.45) is 3.81. The first-order valence-electron chi connectivity index (χ1n) is 11.0. The predicted molar refractivity (Wildman–Crippen MR) is 120 cm³/mol. The Bertz CT molecular complexity index is 826. The van der Waals surface area contributed by atoms with Crippen molar-refractivity contribution in [2.75, 3.05) is 32.8 Å². The molecule has 4 rings (SSSR count). The second-order valence-corrected chi connectivity index (χ2v) is 10.5. The quantitative estimate of drug-likeness (QED) is 0.735. The number of hydrogen-bond donors (Lipinski definition) is 0. The summed E-state index contributed by atoms with van der Waals surface area (Å²) in [6, 6.07) is 10.7. The smallest absolute Gasteiger partial charge is 0.227 e. The van der Waals surface area contributed by atoms with E-state index in [4.69, 9.17) is 9.72 Å². The number of thiazole rings is 1. The molecule has 1 aromatic carbocycles. The van der Waals surface area contributed by atoms with Gasteiger partial charge in [0, 0.05) is 49.7 Å². The number of likely N-dealkylation sites (tertiary alicyclic amines) is 1. The minimum Gasteiger partial charge on any atom is -0.365 e. The van der Waals surface area contributed by atoms with E-state index in [1.807, 2.05) is 31.9 Å². The molecule has 1 amide bonds. The van der Waals surface area contributed by atoms with Gasteiger partial charge in [-0.25, -0.2) is 4.98 Å². The molecule has 1 aromatic heterocycles. The molecule has 0 radical (unpaired) electrons. The van der Waals surface area contributed by atoms with Gasteiger partial charge in [-0.2, -0.15) is 0 Å². The highest BCUT2D eigenvalue weighted by Crippen LogP contribution is 2.43. The summed E-state index contributed by atoms with van der Waals surface area (Å²) in [5.41, 5.74) is 0.629. The summed E-state index contributed by atoms with van der Waals surface area (Å²) in [7, 11) is 0. The van der Waals surface area contributed by atoms with Crippen LogP contribution in [0.15, 0.2) is 41.9 Å². The maximum atomic E-state index is 12.7. The van der Waals surface area contributed by atoms with E-state index in [1.165, 1.54) is 5.56 Å². The summed E-state index contributed by atoms with van der Waals surface area (Å²) < 4.78 is 6.58. The van der Waals surface area contributed by atoms with E-state index < -0.39 is 0 Å². The monoisotopic (exact) mass is 427 g/mol. The largest absolute Gasteiger partial charge is 0.365 e. The van der Waals surface area contributed by atoms with Crippen molar-refractivity contribution in [1.82, 2.24) is 14.8 Å². The number of benzene rings is 1. The van der Waals surface area contributed by atoms with E-state index >= 15 is 0 Å². The van der Waals surface area contributed by atoms with Crippen molar-refractivity contribution >= 4 is 17.2 Å². The highest BCUT2D eigenvalue weighted by Gasteiger charge is 2.48.